The van der Waals surface area contributed by atoms with Crippen LogP contribution in [0.2, 0.25) is 0 Å². The molecule has 5 N–H and O–H groups in total. The van der Waals surface area contributed by atoms with Gasteiger partial charge in [0.15, 0.2) is 0 Å². The predicted molar refractivity (Wildman–Crippen MR) is 34.7 cm³/mol. The molecule has 7 nitrogen and oxygen atoms in total. The topological polar surface area (TPSA) is 135 Å². The van der Waals surface area contributed by atoms with Crippen LogP contribution in [0.15, 0.2) is 0 Å². The van der Waals surface area contributed by atoms with Crippen LogP contribution in [0.1, 0.15) is 6.92 Å². The standard InChI is InChI=1S/C2H8O7P2.Zr/c1-2(3,10(4,5)6)11(7,8)9;/h3H,1H3,(H2,4,5,6)(H2,7,8,9);. The minimum Gasteiger partial charge on any atom is -0.368 e. The van der Waals surface area contributed by atoms with Crippen LogP contribution in [0.4, 0.5) is 0 Å². The summed E-state index contributed by atoms with van der Waals surface area (Å²) in [6, 6.07) is 0. The number of rotatable bonds is 2. The van der Waals surface area contributed by atoms with Crippen molar-refractivity contribution in [2.75, 3.05) is 0 Å². The van der Waals surface area contributed by atoms with Crippen molar-refractivity contribution < 1.29 is 60.0 Å². The van der Waals surface area contributed by atoms with E-state index in [0.717, 1.165) is 0 Å². The smallest absolute Gasteiger partial charge is 0.368 e. The Kier molecular flexibility index (Phi) is 5.35. The zero-order chi connectivity index (χ0) is 9.50. The fraction of sp³-hybridized carbons (Fsp3) is 1.00. The van der Waals surface area contributed by atoms with E-state index in [1.165, 1.54) is 0 Å². The Labute approximate surface area is 87.2 Å². The van der Waals surface area contributed by atoms with Crippen LogP contribution < -0.4 is 0 Å². The first-order valence-corrected chi connectivity index (χ1v) is 5.56. The molecule has 0 aliphatic carbocycles. The molecule has 0 amide bonds. The fourth-order valence-corrected chi connectivity index (χ4v) is 1.53. The molecular weight excluding hydrogens is 289 g/mol. The Balaban J connectivity index is 0. The molecule has 0 fully saturated rings. The van der Waals surface area contributed by atoms with Gasteiger partial charge >= 0.3 is 15.2 Å². The number of hydrogen-bond donors (Lipinski definition) is 5. The van der Waals surface area contributed by atoms with E-state index in [1.807, 2.05) is 0 Å². The summed E-state index contributed by atoms with van der Waals surface area (Å²) >= 11 is 0. The van der Waals surface area contributed by atoms with Gasteiger partial charge in [0.25, 0.3) is 5.08 Å². The van der Waals surface area contributed by atoms with Crippen LogP contribution in [0.25, 0.3) is 0 Å². The summed E-state index contributed by atoms with van der Waals surface area (Å²) in [5.41, 5.74) is 0. The molecule has 0 radical (unpaired) electrons. The average Bonchev–Trinajstić information content (AvgIpc) is 1.58. The van der Waals surface area contributed by atoms with Crippen LogP contribution in [0, 0.1) is 0 Å². The average molecular weight is 297 g/mol. The zero-order valence-corrected chi connectivity index (χ0v) is 10.2. The Morgan fingerprint density at radius 3 is 1.17 bits per heavy atom. The second kappa shape index (κ2) is 4.11. The molecule has 12 heavy (non-hydrogen) atoms. The Morgan fingerprint density at radius 1 is 1.00 bits per heavy atom. The normalized spacial score (nSPS) is 13.8. The van der Waals surface area contributed by atoms with E-state index in [4.69, 9.17) is 24.7 Å². The third-order valence-corrected chi connectivity index (χ3v) is 4.87. The molecule has 0 aromatic heterocycles. The van der Waals surface area contributed by atoms with Gasteiger partial charge in [-0.05, 0) is 6.92 Å². The molecule has 0 bridgehead atoms. The zero-order valence-electron chi connectivity index (χ0n) is 5.95. The first-order chi connectivity index (χ1) is 4.50. The number of hydrogen-bond acceptors (Lipinski definition) is 3. The van der Waals surface area contributed by atoms with Gasteiger partial charge in [-0.1, -0.05) is 0 Å². The van der Waals surface area contributed by atoms with E-state index >= 15 is 0 Å². The van der Waals surface area contributed by atoms with E-state index in [-0.39, 0.29) is 26.2 Å². The van der Waals surface area contributed by atoms with Crippen LogP contribution in [-0.4, -0.2) is 29.8 Å². The summed E-state index contributed by atoms with van der Waals surface area (Å²) in [5, 5.41) is 5.37. The maximum Gasteiger partial charge on any atom is 0.369 e. The minimum atomic E-state index is -5.20. The van der Waals surface area contributed by atoms with Gasteiger partial charge in [0.1, 0.15) is 0 Å². The minimum absolute atomic E-state index is 0. The predicted octanol–water partition coefficient (Wildman–Crippen LogP) is -0.995. The van der Waals surface area contributed by atoms with E-state index < -0.39 is 20.3 Å². The first kappa shape index (κ1) is 15.6. The van der Waals surface area contributed by atoms with Crippen molar-refractivity contribution in [3.05, 3.63) is 0 Å². The van der Waals surface area contributed by atoms with Gasteiger partial charge in [-0.2, -0.15) is 0 Å². The summed E-state index contributed by atoms with van der Waals surface area (Å²) in [5.74, 6) is 0. The molecule has 0 aromatic carbocycles. The van der Waals surface area contributed by atoms with Crippen molar-refractivity contribution in [2.45, 2.75) is 12.0 Å². The van der Waals surface area contributed by atoms with Crippen molar-refractivity contribution in [3.8, 4) is 0 Å². The van der Waals surface area contributed by atoms with Crippen molar-refractivity contribution in [2.24, 2.45) is 0 Å². The van der Waals surface area contributed by atoms with Crippen molar-refractivity contribution in [1.29, 1.82) is 0 Å². The molecule has 0 aliphatic heterocycles. The van der Waals surface area contributed by atoms with E-state index in [1.54, 1.807) is 0 Å². The van der Waals surface area contributed by atoms with Crippen LogP contribution in [0.3, 0.4) is 0 Å². The molecule has 0 saturated heterocycles. The summed E-state index contributed by atoms with van der Waals surface area (Å²) < 4.78 is 20.5. The summed E-state index contributed by atoms with van der Waals surface area (Å²) in [4.78, 5) is 33.0. The van der Waals surface area contributed by atoms with E-state index in [2.05, 4.69) is 0 Å². The SMILES string of the molecule is CC(O)(P(=O)(O)O)P(=O)(O)O.[Zr]. The fourth-order valence-electron chi connectivity index (χ4n) is 0.170. The Morgan fingerprint density at radius 2 is 1.17 bits per heavy atom. The molecule has 0 spiro atoms. The maximum absolute atomic E-state index is 10.3. The van der Waals surface area contributed by atoms with E-state index in [9.17, 15) is 9.13 Å². The molecule has 0 heterocycles. The monoisotopic (exact) mass is 296 g/mol. The molecule has 0 atom stereocenters. The molecule has 0 saturated carbocycles. The van der Waals surface area contributed by atoms with Gasteiger partial charge in [-0.3, -0.25) is 9.13 Å². The van der Waals surface area contributed by atoms with Crippen LogP contribution in [0.5, 0.6) is 0 Å². The first-order valence-electron chi connectivity index (χ1n) is 2.34. The second-order valence-corrected chi connectivity index (χ2v) is 6.33. The third kappa shape index (κ3) is 3.13. The summed E-state index contributed by atoms with van der Waals surface area (Å²) in [6.07, 6.45) is 0. The van der Waals surface area contributed by atoms with Gasteiger partial charge < -0.3 is 24.7 Å². The molecule has 72 valence electrons. The summed E-state index contributed by atoms with van der Waals surface area (Å²) in [7, 11) is -10.4. The molecule has 0 aliphatic rings. The summed E-state index contributed by atoms with van der Waals surface area (Å²) in [6.45, 7) is 0.383. The molecule has 10 heteroatoms. The van der Waals surface area contributed by atoms with E-state index in [0.29, 0.717) is 6.92 Å². The largest absolute Gasteiger partial charge is 0.369 e. The molecule has 0 aromatic rings. The third-order valence-electron chi connectivity index (χ3n) is 1.10. The number of aliphatic hydroxyl groups is 1. The second-order valence-electron chi connectivity index (χ2n) is 2.06. The van der Waals surface area contributed by atoms with Gasteiger partial charge in [0.2, 0.25) is 0 Å². The van der Waals surface area contributed by atoms with Gasteiger partial charge in [-0.25, -0.2) is 0 Å². The van der Waals surface area contributed by atoms with Crippen molar-refractivity contribution in [1.82, 2.24) is 0 Å². The Hall–Kier alpha value is 1.14. The van der Waals surface area contributed by atoms with Crippen LogP contribution >= 0.6 is 15.2 Å². The maximum atomic E-state index is 10.3. The van der Waals surface area contributed by atoms with Crippen LogP contribution in [-0.2, 0) is 35.3 Å². The molecule has 0 unspecified atom stereocenters. The van der Waals surface area contributed by atoms with Crippen molar-refractivity contribution in [3.63, 3.8) is 0 Å². The van der Waals surface area contributed by atoms with Crippen molar-refractivity contribution >= 4 is 15.2 Å². The Bertz CT molecular complexity index is 212. The van der Waals surface area contributed by atoms with Gasteiger partial charge in [-0.15, -0.1) is 0 Å². The van der Waals surface area contributed by atoms with Gasteiger partial charge in [0, 0.05) is 26.2 Å². The quantitative estimate of drug-likeness (QED) is 0.413. The molecular formula is C2H8O7P2Zr. The molecule has 0 rings (SSSR count). The van der Waals surface area contributed by atoms with Gasteiger partial charge in [0.05, 0.1) is 0 Å².